The Balaban J connectivity index is 1.90. The van der Waals surface area contributed by atoms with Crippen LogP contribution in [0.25, 0.3) is 0 Å². The van der Waals surface area contributed by atoms with Gasteiger partial charge >= 0.3 is 0 Å². The first kappa shape index (κ1) is 16.0. The van der Waals surface area contributed by atoms with E-state index in [-0.39, 0.29) is 18.1 Å². The highest BCUT2D eigenvalue weighted by Gasteiger charge is 2.26. The van der Waals surface area contributed by atoms with E-state index in [9.17, 15) is 4.79 Å². The van der Waals surface area contributed by atoms with E-state index in [1.165, 1.54) is 6.42 Å². The van der Waals surface area contributed by atoms with Crippen molar-refractivity contribution in [1.82, 2.24) is 14.7 Å². The van der Waals surface area contributed by atoms with Crippen LogP contribution in [0.4, 0.5) is 0 Å². The van der Waals surface area contributed by atoms with Crippen LogP contribution in [0.15, 0.2) is 12.4 Å². The van der Waals surface area contributed by atoms with Crippen LogP contribution in [0.3, 0.4) is 0 Å². The Kier molecular flexibility index (Phi) is 5.79. The van der Waals surface area contributed by atoms with Crippen LogP contribution in [0.1, 0.15) is 45.1 Å². The maximum atomic E-state index is 12.4. The first-order valence-electron chi connectivity index (χ1n) is 7.96. The minimum absolute atomic E-state index is 0.182. The number of rotatable bonds is 6. The Morgan fingerprint density at radius 3 is 2.95 bits per heavy atom. The zero-order valence-corrected chi connectivity index (χ0v) is 13.4. The minimum Gasteiger partial charge on any atom is -0.378 e. The van der Waals surface area contributed by atoms with E-state index in [0.717, 1.165) is 31.5 Å². The van der Waals surface area contributed by atoms with Gasteiger partial charge in [0.05, 0.1) is 37.9 Å². The fraction of sp³-hybridized carbons (Fsp3) is 0.750. The second kappa shape index (κ2) is 7.59. The lowest BCUT2D eigenvalue weighted by atomic mass is 10.0. The number of hydrogen-bond acceptors (Lipinski definition) is 3. The average molecular weight is 293 g/mol. The van der Waals surface area contributed by atoms with E-state index in [1.54, 1.807) is 0 Å². The van der Waals surface area contributed by atoms with Crippen molar-refractivity contribution in [2.75, 3.05) is 13.2 Å². The molecule has 1 amide bonds. The van der Waals surface area contributed by atoms with Gasteiger partial charge in [0.15, 0.2) is 0 Å². The molecular formula is C16H27N3O2. The summed E-state index contributed by atoms with van der Waals surface area (Å²) in [5.74, 6) is 0.212. The Bertz CT molecular complexity index is 456. The first-order chi connectivity index (χ1) is 10.1. The van der Waals surface area contributed by atoms with Crippen molar-refractivity contribution in [3.8, 4) is 0 Å². The Morgan fingerprint density at radius 2 is 2.29 bits per heavy atom. The number of aromatic nitrogens is 2. The Labute approximate surface area is 127 Å². The van der Waals surface area contributed by atoms with Crippen LogP contribution in [-0.2, 0) is 16.1 Å². The zero-order valence-electron chi connectivity index (χ0n) is 13.4. The summed E-state index contributed by atoms with van der Waals surface area (Å²) in [7, 11) is 0. The van der Waals surface area contributed by atoms with E-state index in [1.807, 2.05) is 42.7 Å². The van der Waals surface area contributed by atoms with Crippen LogP contribution in [0.5, 0.6) is 0 Å². The van der Waals surface area contributed by atoms with Crippen molar-refractivity contribution in [2.24, 2.45) is 0 Å². The smallest absolute Gasteiger partial charge is 0.225 e. The molecule has 21 heavy (non-hydrogen) atoms. The van der Waals surface area contributed by atoms with Gasteiger partial charge in [0.2, 0.25) is 5.91 Å². The van der Waals surface area contributed by atoms with Gasteiger partial charge in [0, 0.05) is 12.7 Å². The summed E-state index contributed by atoms with van der Waals surface area (Å²) < 4.78 is 7.45. The maximum Gasteiger partial charge on any atom is 0.225 e. The van der Waals surface area contributed by atoms with Crippen molar-refractivity contribution >= 4 is 5.91 Å². The van der Waals surface area contributed by atoms with Gasteiger partial charge in [-0.15, -0.1) is 0 Å². The summed E-state index contributed by atoms with van der Waals surface area (Å²) in [6.07, 6.45) is 7.93. The number of carbonyl (C=O) groups is 1. The molecule has 0 radical (unpaired) electrons. The molecule has 1 aromatic heterocycles. The second-order valence-corrected chi connectivity index (χ2v) is 6.15. The number of ether oxygens (including phenoxy) is 1. The predicted octanol–water partition coefficient (Wildman–Crippen LogP) is 2.39. The molecule has 5 heteroatoms. The quantitative estimate of drug-likeness (QED) is 0.809. The van der Waals surface area contributed by atoms with Crippen LogP contribution in [-0.4, -0.2) is 45.9 Å². The highest BCUT2D eigenvalue weighted by Crippen LogP contribution is 2.19. The third-order valence-corrected chi connectivity index (χ3v) is 3.87. The Hall–Kier alpha value is -1.36. The standard InChI is InChI=1S/C16H27N3O2/c1-13(2)21-9-7-16(20)19-8-5-4-6-15(19)12-18-11-14(3)10-17-18/h10-11,13,15H,4-9,12H2,1-3H3/t15-/m1/s1. The van der Waals surface area contributed by atoms with Crippen molar-refractivity contribution in [3.63, 3.8) is 0 Å². The van der Waals surface area contributed by atoms with Crippen LogP contribution < -0.4 is 0 Å². The molecule has 0 bridgehead atoms. The number of nitrogens with zero attached hydrogens (tertiary/aromatic N) is 3. The van der Waals surface area contributed by atoms with Gasteiger partial charge in [0.1, 0.15) is 0 Å². The lowest BCUT2D eigenvalue weighted by Crippen LogP contribution is -2.46. The lowest BCUT2D eigenvalue weighted by Gasteiger charge is -2.36. The molecule has 1 saturated heterocycles. The van der Waals surface area contributed by atoms with Crippen molar-refractivity contribution < 1.29 is 9.53 Å². The van der Waals surface area contributed by atoms with Crippen LogP contribution in [0.2, 0.25) is 0 Å². The number of aryl methyl sites for hydroxylation is 1. The number of piperidine rings is 1. The predicted molar refractivity (Wildman–Crippen MR) is 82.0 cm³/mol. The van der Waals surface area contributed by atoms with Crippen molar-refractivity contribution in [1.29, 1.82) is 0 Å². The molecule has 1 aromatic rings. The van der Waals surface area contributed by atoms with Crippen molar-refractivity contribution in [2.45, 2.75) is 65.1 Å². The van der Waals surface area contributed by atoms with Gasteiger partial charge in [0.25, 0.3) is 0 Å². The van der Waals surface area contributed by atoms with E-state index in [0.29, 0.717) is 13.0 Å². The minimum atomic E-state index is 0.182. The van der Waals surface area contributed by atoms with Gasteiger partial charge in [-0.05, 0) is 45.6 Å². The lowest BCUT2D eigenvalue weighted by molar-refractivity contribution is -0.136. The van der Waals surface area contributed by atoms with E-state index >= 15 is 0 Å². The molecule has 1 aliphatic heterocycles. The molecule has 0 aliphatic carbocycles. The molecular weight excluding hydrogens is 266 g/mol. The SMILES string of the molecule is Cc1cnn(C[C@H]2CCCCN2C(=O)CCOC(C)C)c1. The number of amides is 1. The largest absolute Gasteiger partial charge is 0.378 e. The summed E-state index contributed by atoms with van der Waals surface area (Å²) in [6.45, 7) is 8.20. The first-order valence-corrected chi connectivity index (χ1v) is 7.96. The highest BCUT2D eigenvalue weighted by molar-refractivity contribution is 5.76. The van der Waals surface area contributed by atoms with Crippen LogP contribution >= 0.6 is 0 Å². The molecule has 0 spiro atoms. The molecule has 2 heterocycles. The fourth-order valence-corrected chi connectivity index (χ4v) is 2.83. The Morgan fingerprint density at radius 1 is 1.48 bits per heavy atom. The molecule has 1 aliphatic rings. The molecule has 0 saturated carbocycles. The second-order valence-electron chi connectivity index (χ2n) is 6.15. The van der Waals surface area contributed by atoms with E-state index in [4.69, 9.17) is 4.74 Å². The number of hydrogen-bond donors (Lipinski definition) is 0. The van der Waals surface area contributed by atoms with E-state index < -0.39 is 0 Å². The summed E-state index contributed by atoms with van der Waals surface area (Å²) in [6, 6.07) is 0.268. The fourth-order valence-electron chi connectivity index (χ4n) is 2.83. The van der Waals surface area contributed by atoms with Gasteiger partial charge in [-0.2, -0.15) is 5.10 Å². The summed E-state index contributed by atoms with van der Waals surface area (Å²) >= 11 is 0. The third kappa shape index (κ3) is 4.84. The summed E-state index contributed by atoms with van der Waals surface area (Å²) in [4.78, 5) is 14.4. The van der Waals surface area contributed by atoms with Gasteiger partial charge < -0.3 is 9.64 Å². The van der Waals surface area contributed by atoms with E-state index in [2.05, 4.69) is 5.10 Å². The zero-order chi connectivity index (χ0) is 15.2. The van der Waals surface area contributed by atoms with Gasteiger partial charge in [-0.3, -0.25) is 9.48 Å². The monoisotopic (exact) mass is 293 g/mol. The topological polar surface area (TPSA) is 47.4 Å². The summed E-state index contributed by atoms with van der Waals surface area (Å²) in [5.41, 5.74) is 1.16. The molecule has 118 valence electrons. The molecule has 1 fully saturated rings. The normalized spacial score (nSPS) is 19.2. The molecule has 0 N–H and O–H groups in total. The number of carbonyl (C=O) groups excluding carboxylic acids is 1. The molecule has 0 aromatic carbocycles. The molecule has 0 unspecified atom stereocenters. The maximum absolute atomic E-state index is 12.4. The third-order valence-electron chi connectivity index (χ3n) is 3.87. The van der Waals surface area contributed by atoms with Crippen molar-refractivity contribution in [3.05, 3.63) is 18.0 Å². The van der Waals surface area contributed by atoms with Gasteiger partial charge in [-0.1, -0.05) is 0 Å². The van der Waals surface area contributed by atoms with Gasteiger partial charge in [-0.25, -0.2) is 0 Å². The average Bonchev–Trinajstić information content (AvgIpc) is 2.84. The molecule has 5 nitrogen and oxygen atoms in total. The van der Waals surface area contributed by atoms with Crippen LogP contribution in [0, 0.1) is 6.92 Å². The number of likely N-dealkylation sites (tertiary alicyclic amines) is 1. The molecule has 2 rings (SSSR count). The summed E-state index contributed by atoms with van der Waals surface area (Å²) in [5, 5.41) is 4.34. The molecule has 1 atom stereocenters. The highest BCUT2D eigenvalue weighted by atomic mass is 16.5.